The average molecular weight is 98.1 g/mol. The molecule has 0 aromatic rings. The number of rotatable bonds is 1. The van der Waals surface area contributed by atoms with Crippen molar-refractivity contribution in [3.05, 3.63) is 0 Å². The maximum Gasteiger partial charge on any atom is 0.225 e. The van der Waals surface area contributed by atoms with Crippen molar-refractivity contribution in [2.45, 2.75) is 12.6 Å². The average Bonchev–Trinajstić information content (AvgIpc) is 1.58. The summed E-state index contributed by atoms with van der Waals surface area (Å²) in [6.45, 7) is 3.25. The molecule has 1 heterocycles. The topological polar surface area (TPSA) is 41.5 Å². The number of amides is 1. The third-order valence-corrected chi connectivity index (χ3v) is 0.927. The zero-order valence-electron chi connectivity index (χ0n) is 3.85. The third-order valence-electron chi connectivity index (χ3n) is 0.927. The van der Waals surface area contributed by atoms with Crippen LogP contribution in [0.4, 0.5) is 0 Å². The summed E-state index contributed by atoms with van der Waals surface area (Å²) in [5, 5.41) is 2.52. The van der Waals surface area contributed by atoms with Gasteiger partial charge in [0.15, 0.2) is 0 Å². The molecule has 0 bridgehead atoms. The van der Waals surface area contributed by atoms with Crippen molar-refractivity contribution in [2.24, 2.45) is 4.99 Å². The molecule has 1 fully saturated rings. The molecule has 1 unspecified atom stereocenters. The molecule has 38 valence electrons. The van der Waals surface area contributed by atoms with E-state index in [1.165, 1.54) is 0 Å². The molecule has 3 nitrogen and oxygen atoms in total. The number of nitrogens with zero attached hydrogens (tertiary/aromatic N) is 1. The highest BCUT2D eigenvalue weighted by Crippen LogP contribution is 2.02. The molecule has 0 aromatic carbocycles. The Morgan fingerprint density at radius 2 is 2.57 bits per heavy atom. The molecular formula is C4H6N2O. The van der Waals surface area contributed by atoms with E-state index in [-0.39, 0.29) is 12.1 Å². The van der Waals surface area contributed by atoms with Gasteiger partial charge in [-0.05, 0) is 6.72 Å². The SMILES string of the molecule is C=NC1CC(=O)N1. The van der Waals surface area contributed by atoms with Gasteiger partial charge in [0.2, 0.25) is 5.91 Å². The van der Waals surface area contributed by atoms with Crippen LogP contribution in [0.1, 0.15) is 6.42 Å². The standard InChI is InChI=1S/C4H6N2O/c1-5-3-2-4(7)6-3/h3H,1-2H2,(H,6,7). The fourth-order valence-corrected chi connectivity index (χ4v) is 0.450. The maximum atomic E-state index is 10.1. The number of carbonyl (C=O) groups excluding carboxylic acids is 1. The van der Waals surface area contributed by atoms with Crippen molar-refractivity contribution >= 4 is 12.6 Å². The smallest absolute Gasteiger partial charge is 0.225 e. The third kappa shape index (κ3) is 0.607. The second-order valence-electron chi connectivity index (χ2n) is 1.47. The van der Waals surface area contributed by atoms with Gasteiger partial charge < -0.3 is 5.32 Å². The molecule has 1 aliphatic heterocycles. The molecule has 7 heavy (non-hydrogen) atoms. The molecule has 0 spiro atoms. The Balaban J connectivity index is 2.29. The maximum absolute atomic E-state index is 10.1. The first-order valence-corrected chi connectivity index (χ1v) is 2.08. The van der Waals surface area contributed by atoms with Gasteiger partial charge in [0.25, 0.3) is 0 Å². The van der Waals surface area contributed by atoms with E-state index in [9.17, 15) is 4.79 Å². The first-order valence-electron chi connectivity index (χ1n) is 2.08. The van der Waals surface area contributed by atoms with E-state index in [2.05, 4.69) is 17.0 Å². The van der Waals surface area contributed by atoms with Crippen molar-refractivity contribution in [3.63, 3.8) is 0 Å². The molecule has 1 N–H and O–H groups in total. The van der Waals surface area contributed by atoms with E-state index in [4.69, 9.17) is 0 Å². The van der Waals surface area contributed by atoms with Crippen LogP contribution in [0.2, 0.25) is 0 Å². The number of carbonyl (C=O) groups is 1. The lowest BCUT2D eigenvalue weighted by atomic mass is 10.2. The molecule has 3 heteroatoms. The van der Waals surface area contributed by atoms with Crippen LogP contribution in [-0.2, 0) is 4.79 Å². The highest BCUT2D eigenvalue weighted by molar-refractivity contribution is 5.82. The summed E-state index contributed by atoms with van der Waals surface area (Å²) in [7, 11) is 0. The Kier molecular flexibility index (Phi) is 0.817. The van der Waals surface area contributed by atoms with Crippen LogP contribution in [0.25, 0.3) is 0 Å². The highest BCUT2D eigenvalue weighted by atomic mass is 16.2. The summed E-state index contributed by atoms with van der Waals surface area (Å²) in [6, 6.07) is 0. The van der Waals surface area contributed by atoms with E-state index in [0.717, 1.165) is 0 Å². The second-order valence-corrected chi connectivity index (χ2v) is 1.47. The van der Waals surface area contributed by atoms with Crippen LogP contribution in [0.15, 0.2) is 4.99 Å². The summed E-state index contributed by atoms with van der Waals surface area (Å²) in [5.41, 5.74) is 0. The van der Waals surface area contributed by atoms with Gasteiger partial charge in [-0.1, -0.05) is 0 Å². The van der Waals surface area contributed by atoms with Crippen LogP contribution < -0.4 is 5.32 Å². The minimum Gasteiger partial charge on any atom is -0.334 e. The molecule has 0 aromatic heterocycles. The molecule has 1 aliphatic rings. The molecule has 0 aliphatic carbocycles. The zero-order chi connectivity index (χ0) is 5.28. The summed E-state index contributed by atoms with van der Waals surface area (Å²) < 4.78 is 0. The molecule has 1 atom stereocenters. The van der Waals surface area contributed by atoms with Crippen LogP contribution in [-0.4, -0.2) is 18.8 Å². The molecule has 1 rings (SSSR count). The number of hydrogen-bond donors (Lipinski definition) is 1. The molecular weight excluding hydrogens is 92.1 g/mol. The van der Waals surface area contributed by atoms with Crippen molar-refractivity contribution in [2.75, 3.05) is 0 Å². The first-order chi connectivity index (χ1) is 3.33. The summed E-state index contributed by atoms with van der Waals surface area (Å²) in [6.07, 6.45) is 0.524. The normalized spacial score (nSPS) is 28.0. The Labute approximate surface area is 41.4 Å². The minimum atomic E-state index is 0.00694. The number of aliphatic imine (C=N–C) groups is 1. The van der Waals surface area contributed by atoms with Gasteiger partial charge >= 0.3 is 0 Å². The largest absolute Gasteiger partial charge is 0.334 e. The Morgan fingerprint density at radius 1 is 2.00 bits per heavy atom. The van der Waals surface area contributed by atoms with Crippen molar-refractivity contribution in [3.8, 4) is 0 Å². The minimum absolute atomic E-state index is 0.00694. The molecule has 0 radical (unpaired) electrons. The van der Waals surface area contributed by atoms with Gasteiger partial charge in [-0.2, -0.15) is 0 Å². The summed E-state index contributed by atoms with van der Waals surface area (Å²) in [4.78, 5) is 13.6. The van der Waals surface area contributed by atoms with Crippen LogP contribution in [0, 0.1) is 0 Å². The quantitative estimate of drug-likeness (QED) is 0.349. The highest BCUT2D eigenvalue weighted by Gasteiger charge is 2.22. The van der Waals surface area contributed by atoms with E-state index >= 15 is 0 Å². The van der Waals surface area contributed by atoms with Crippen LogP contribution >= 0.6 is 0 Å². The van der Waals surface area contributed by atoms with Gasteiger partial charge in [0.05, 0.1) is 6.42 Å². The lowest BCUT2D eigenvalue weighted by Crippen LogP contribution is -2.46. The van der Waals surface area contributed by atoms with E-state index in [0.29, 0.717) is 6.42 Å². The Bertz CT molecular complexity index is 102. The van der Waals surface area contributed by atoms with Crippen molar-refractivity contribution < 1.29 is 4.79 Å². The zero-order valence-corrected chi connectivity index (χ0v) is 3.85. The van der Waals surface area contributed by atoms with E-state index in [1.54, 1.807) is 0 Å². The fraction of sp³-hybridized carbons (Fsp3) is 0.500. The van der Waals surface area contributed by atoms with Gasteiger partial charge in [0.1, 0.15) is 6.17 Å². The van der Waals surface area contributed by atoms with Gasteiger partial charge in [-0.15, -0.1) is 0 Å². The summed E-state index contributed by atoms with van der Waals surface area (Å²) >= 11 is 0. The Hall–Kier alpha value is -0.860. The van der Waals surface area contributed by atoms with Crippen LogP contribution in [0.5, 0.6) is 0 Å². The van der Waals surface area contributed by atoms with Gasteiger partial charge in [0, 0.05) is 0 Å². The number of β-lactam (4-membered cyclic amide) rings is 1. The van der Waals surface area contributed by atoms with Gasteiger partial charge in [-0.3, -0.25) is 9.79 Å². The monoisotopic (exact) mass is 98.0 g/mol. The fourth-order valence-electron chi connectivity index (χ4n) is 0.450. The Morgan fingerprint density at radius 3 is 2.71 bits per heavy atom. The lowest BCUT2D eigenvalue weighted by molar-refractivity contribution is -0.127. The molecule has 1 amide bonds. The van der Waals surface area contributed by atoms with E-state index in [1.807, 2.05) is 0 Å². The number of nitrogens with one attached hydrogen (secondary N) is 1. The number of hydrogen-bond acceptors (Lipinski definition) is 2. The van der Waals surface area contributed by atoms with Crippen molar-refractivity contribution in [1.29, 1.82) is 0 Å². The van der Waals surface area contributed by atoms with Crippen molar-refractivity contribution in [1.82, 2.24) is 5.32 Å². The van der Waals surface area contributed by atoms with E-state index < -0.39 is 0 Å². The second kappa shape index (κ2) is 1.33. The lowest BCUT2D eigenvalue weighted by Gasteiger charge is -2.21. The molecule has 1 saturated heterocycles. The predicted octanol–water partition coefficient (Wildman–Crippen LogP) is -0.467. The predicted molar refractivity (Wildman–Crippen MR) is 26.1 cm³/mol. The van der Waals surface area contributed by atoms with Gasteiger partial charge in [-0.25, -0.2) is 0 Å². The summed E-state index contributed by atoms with van der Waals surface area (Å²) in [5.74, 6) is 0.0670. The molecule has 0 saturated carbocycles. The van der Waals surface area contributed by atoms with Crippen LogP contribution in [0.3, 0.4) is 0 Å². The first kappa shape index (κ1) is 4.30.